The molecule has 0 radical (unpaired) electrons. The number of hydrogen-bond donors (Lipinski definition) is 0. The average Bonchev–Trinajstić information content (AvgIpc) is 3.18. The molecule has 2 aromatic rings. The molecule has 1 saturated heterocycles. The smallest absolute Gasteiger partial charge is 0.256 e. The van der Waals surface area contributed by atoms with Crippen LogP contribution in [0.2, 0.25) is 0 Å². The maximum atomic E-state index is 13.6. The molecule has 2 heterocycles. The van der Waals surface area contributed by atoms with Gasteiger partial charge in [0.05, 0.1) is 17.4 Å². The third-order valence-electron chi connectivity index (χ3n) is 4.99. The molecule has 1 amide bonds. The lowest BCUT2D eigenvalue weighted by molar-refractivity contribution is 0.0512. The van der Waals surface area contributed by atoms with Crippen molar-refractivity contribution in [2.24, 2.45) is 0 Å². The largest absolute Gasteiger partial charge is 0.376 e. The van der Waals surface area contributed by atoms with Crippen molar-refractivity contribution in [3.8, 4) is 11.1 Å². The van der Waals surface area contributed by atoms with Gasteiger partial charge in [0.2, 0.25) is 0 Å². The first-order chi connectivity index (χ1) is 13.1. The van der Waals surface area contributed by atoms with Gasteiger partial charge in [0, 0.05) is 32.4 Å². The second kappa shape index (κ2) is 9.11. The fourth-order valence-electron chi connectivity index (χ4n) is 3.48. The van der Waals surface area contributed by atoms with Gasteiger partial charge in [-0.15, -0.1) is 0 Å². The molecule has 1 aliphatic rings. The molecule has 5 heteroatoms. The Balaban J connectivity index is 1.92. The van der Waals surface area contributed by atoms with E-state index < -0.39 is 0 Å². The average molecular weight is 367 g/mol. The first-order valence-electron chi connectivity index (χ1n) is 9.63. The number of carbonyl (C=O) groups is 1. The molecule has 1 atom stereocenters. The number of pyridine rings is 1. The van der Waals surface area contributed by atoms with E-state index in [1.807, 2.05) is 62.3 Å². The van der Waals surface area contributed by atoms with Crippen LogP contribution in [0.1, 0.15) is 28.9 Å². The minimum absolute atomic E-state index is 0.0387. The molecular weight excluding hydrogens is 338 g/mol. The monoisotopic (exact) mass is 367 g/mol. The number of carbonyl (C=O) groups excluding carboxylic acids is 1. The van der Waals surface area contributed by atoms with Gasteiger partial charge < -0.3 is 14.5 Å². The van der Waals surface area contributed by atoms with E-state index in [-0.39, 0.29) is 12.0 Å². The van der Waals surface area contributed by atoms with E-state index in [1.54, 1.807) is 6.20 Å². The molecule has 144 valence electrons. The zero-order valence-corrected chi connectivity index (χ0v) is 16.5. The van der Waals surface area contributed by atoms with Crippen LogP contribution in [0.3, 0.4) is 0 Å². The Morgan fingerprint density at radius 1 is 1.19 bits per heavy atom. The SMILES string of the molecule is Cc1nccc(-c2ccccc2)c1C(=O)N(CCN(C)C)CC1CCCO1. The van der Waals surface area contributed by atoms with Gasteiger partial charge in [-0.1, -0.05) is 30.3 Å². The number of aryl methyl sites for hydroxylation is 1. The van der Waals surface area contributed by atoms with E-state index in [9.17, 15) is 4.79 Å². The van der Waals surface area contributed by atoms with Crippen LogP contribution in [0.15, 0.2) is 42.6 Å². The van der Waals surface area contributed by atoms with Gasteiger partial charge in [-0.2, -0.15) is 0 Å². The minimum Gasteiger partial charge on any atom is -0.376 e. The molecular formula is C22H29N3O2. The van der Waals surface area contributed by atoms with Gasteiger partial charge in [-0.25, -0.2) is 0 Å². The molecule has 0 bridgehead atoms. The standard InChI is InChI=1S/C22H29N3O2/c1-17-21(20(11-12-23-17)18-8-5-4-6-9-18)22(26)25(14-13-24(2)3)16-19-10-7-15-27-19/h4-6,8-9,11-12,19H,7,10,13-16H2,1-3H3. The highest BCUT2D eigenvalue weighted by molar-refractivity contribution is 6.01. The van der Waals surface area contributed by atoms with E-state index in [2.05, 4.69) is 9.88 Å². The molecule has 1 aromatic heterocycles. The lowest BCUT2D eigenvalue weighted by atomic mass is 9.98. The summed E-state index contributed by atoms with van der Waals surface area (Å²) in [5, 5.41) is 0. The number of benzene rings is 1. The van der Waals surface area contributed by atoms with Gasteiger partial charge in [0.25, 0.3) is 5.91 Å². The summed E-state index contributed by atoms with van der Waals surface area (Å²) in [6.45, 7) is 4.83. The van der Waals surface area contributed by atoms with Crippen molar-refractivity contribution in [3.63, 3.8) is 0 Å². The van der Waals surface area contributed by atoms with Gasteiger partial charge in [-0.05, 0) is 51.1 Å². The van der Waals surface area contributed by atoms with Crippen LogP contribution in [0.25, 0.3) is 11.1 Å². The predicted molar refractivity (Wildman–Crippen MR) is 108 cm³/mol. The normalized spacial score (nSPS) is 16.7. The number of likely N-dealkylation sites (N-methyl/N-ethyl adjacent to an activating group) is 1. The summed E-state index contributed by atoms with van der Waals surface area (Å²) in [5.74, 6) is 0.0387. The summed E-state index contributed by atoms with van der Waals surface area (Å²) in [6.07, 6.45) is 4.00. The molecule has 0 saturated carbocycles. The van der Waals surface area contributed by atoms with E-state index in [4.69, 9.17) is 4.74 Å². The summed E-state index contributed by atoms with van der Waals surface area (Å²) < 4.78 is 5.80. The molecule has 0 aliphatic carbocycles. The van der Waals surface area contributed by atoms with Crippen molar-refractivity contribution < 1.29 is 9.53 Å². The third kappa shape index (κ3) is 4.93. The number of amides is 1. The molecule has 1 fully saturated rings. The van der Waals surface area contributed by atoms with Crippen molar-refractivity contribution in [1.29, 1.82) is 0 Å². The summed E-state index contributed by atoms with van der Waals surface area (Å²) in [5.41, 5.74) is 3.44. The lowest BCUT2D eigenvalue weighted by Gasteiger charge is -2.28. The molecule has 3 rings (SSSR count). The number of rotatable bonds is 7. The fourth-order valence-corrected chi connectivity index (χ4v) is 3.48. The predicted octanol–water partition coefficient (Wildman–Crippen LogP) is 3.24. The van der Waals surface area contributed by atoms with Gasteiger partial charge >= 0.3 is 0 Å². The highest BCUT2D eigenvalue weighted by Crippen LogP contribution is 2.27. The first kappa shape index (κ1) is 19.5. The Labute approximate surface area is 162 Å². The molecule has 1 unspecified atom stereocenters. The maximum absolute atomic E-state index is 13.6. The van der Waals surface area contributed by atoms with Crippen LogP contribution in [-0.4, -0.2) is 67.1 Å². The molecule has 1 aromatic carbocycles. The Morgan fingerprint density at radius 3 is 2.63 bits per heavy atom. The van der Waals surface area contributed by atoms with Crippen molar-refractivity contribution in [3.05, 3.63) is 53.9 Å². The van der Waals surface area contributed by atoms with Crippen LogP contribution >= 0.6 is 0 Å². The second-order valence-corrected chi connectivity index (χ2v) is 7.37. The maximum Gasteiger partial charge on any atom is 0.256 e. The number of hydrogen-bond acceptors (Lipinski definition) is 4. The Kier molecular flexibility index (Phi) is 6.58. The highest BCUT2D eigenvalue weighted by Gasteiger charge is 2.26. The van der Waals surface area contributed by atoms with Crippen LogP contribution in [0, 0.1) is 6.92 Å². The van der Waals surface area contributed by atoms with Crippen LogP contribution < -0.4 is 0 Å². The van der Waals surface area contributed by atoms with E-state index in [0.29, 0.717) is 18.7 Å². The summed E-state index contributed by atoms with van der Waals surface area (Å²) >= 11 is 0. The topological polar surface area (TPSA) is 45.7 Å². The minimum atomic E-state index is 0.0387. The quantitative estimate of drug-likeness (QED) is 0.754. The lowest BCUT2D eigenvalue weighted by Crippen LogP contribution is -2.41. The highest BCUT2D eigenvalue weighted by atomic mass is 16.5. The molecule has 27 heavy (non-hydrogen) atoms. The summed E-state index contributed by atoms with van der Waals surface area (Å²) in [7, 11) is 4.05. The Bertz CT molecular complexity index is 755. The van der Waals surface area contributed by atoms with E-state index in [1.165, 1.54) is 0 Å². The molecule has 0 spiro atoms. The molecule has 5 nitrogen and oxygen atoms in total. The van der Waals surface area contributed by atoms with Crippen LogP contribution in [0.4, 0.5) is 0 Å². The summed E-state index contributed by atoms with van der Waals surface area (Å²) in [4.78, 5) is 22.0. The molecule has 1 aliphatic heterocycles. The van der Waals surface area contributed by atoms with Crippen molar-refractivity contribution in [2.75, 3.05) is 40.3 Å². The van der Waals surface area contributed by atoms with Gasteiger partial charge in [-0.3, -0.25) is 9.78 Å². The number of nitrogens with zero attached hydrogens (tertiary/aromatic N) is 3. The van der Waals surface area contributed by atoms with Crippen molar-refractivity contribution >= 4 is 5.91 Å². The Morgan fingerprint density at radius 2 is 1.96 bits per heavy atom. The molecule has 0 N–H and O–H groups in total. The van der Waals surface area contributed by atoms with Crippen LogP contribution in [-0.2, 0) is 4.74 Å². The zero-order chi connectivity index (χ0) is 19.2. The van der Waals surface area contributed by atoms with E-state index in [0.717, 1.165) is 42.8 Å². The first-order valence-corrected chi connectivity index (χ1v) is 9.63. The zero-order valence-electron chi connectivity index (χ0n) is 16.5. The van der Waals surface area contributed by atoms with Crippen LogP contribution in [0.5, 0.6) is 0 Å². The third-order valence-corrected chi connectivity index (χ3v) is 4.99. The summed E-state index contributed by atoms with van der Waals surface area (Å²) in [6, 6.07) is 12.0. The van der Waals surface area contributed by atoms with Gasteiger partial charge in [0.1, 0.15) is 0 Å². The van der Waals surface area contributed by atoms with E-state index >= 15 is 0 Å². The second-order valence-electron chi connectivity index (χ2n) is 7.37. The fraction of sp³-hybridized carbons (Fsp3) is 0.455. The Hall–Kier alpha value is -2.24. The number of aromatic nitrogens is 1. The number of ether oxygens (including phenoxy) is 1. The van der Waals surface area contributed by atoms with Crippen molar-refractivity contribution in [1.82, 2.24) is 14.8 Å². The van der Waals surface area contributed by atoms with Crippen molar-refractivity contribution in [2.45, 2.75) is 25.9 Å². The van der Waals surface area contributed by atoms with Gasteiger partial charge in [0.15, 0.2) is 0 Å².